The molecule has 2 heterocycles. The molecule has 23 heavy (non-hydrogen) atoms. The van der Waals surface area contributed by atoms with E-state index in [2.05, 4.69) is 35.9 Å². The lowest BCUT2D eigenvalue weighted by Gasteiger charge is -2.31. The van der Waals surface area contributed by atoms with E-state index >= 15 is 0 Å². The molecule has 0 aromatic carbocycles. The number of amides is 1. The number of likely N-dealkylation sites (N-methyl/N-ethyl adjacent to an activating group) is 1. The molecule has 1 aliphatic rings. The van der Waals surface area contributed by atoms with Gasteiger partial charge in [-0.15, -0.1) is 0 Å². The van der Waals surface area contributed by atoms with E-state index in [1.807, 2.05) is 12.1 Å². The summed E-state index contributed by atoms with van der Waals surface area (Å²) in [4.78, 5) is 16.9. The summed E-state index contributed by atoms with van der Waals surface area (Å²) < 4.78 is 5.57. The zero-order valence-electron chi connectivity index (χ0n) is 14.8. The van der Waals surface area contributed by atoms with Crippen LogP contribution in [-0.2, 0) is 4.79 Å². The molecule has 1 saturated heterocycles. The van der Waals surface area contributed by atoms with Crippen LogP contribution in [0.1, 0.15) is 45.4 Å². The fraction of sp³-hybridized carbons (Fsp3) is 0.722. The zero-order chi connectivity index (χ0) is 16.7. The number of hydrogen-bond acceptors (Lipinski definition) is 4. The van der Waals surface area contributed by atoms with E-state index in [1.54, 1.807) is 6.26 Å². The Balaban J connectivity index is 1.86. The topological polar surface area (TPSA) is 48.7 Å². The first-order chi connectivity index (χ1) is 11.1. The summed E-state index contributed by atoms with van der Waals surface area (Å²) in [5.74, 6) is 1.73. The average molecular weight is 321 g/mol. The van der Waals surface area contributed by atoms with Crippen LogP contribution in [0.4, 0.5) is 0 Å². The molecule has 0 spiro atoms. The maximum Gasteiger partial charge on any atom is 0.234 e. The van der Waals surface area contributed by atoms with Crippen molar-refractivity contribution < 1.29 is 9.21 Å². The number of hydrogen-bond donors (Lipinski definition) is 1. The Morgan fingerprint density at radius 3 is 2.87 bits per heavy atom. The molecule has 5 nitrogen and oxygen atoms in total. The third kappa shape index (κ3) is 5.36. The zero-order valence-corrected chi connectivity index (χ0v) is 14.8. The maximum atomic E-state index is 12.3. The second-order valence-electron chi connectivity index (χ2n) is 6.54. The first-order valence-corrected chi connectivity index (χ1v) is 8.90. The van der Waals surface area contributed by atoms with Gasteiger partial charge in [-0.05, 0) is 50.5 Å². The van der Waals surface area contributed by atoms with E-state index in [0.717, 1.165) is 31.9 Å². The number of likely N-dealkylation sites (tertiary alicyclic amines) is 1. The van der Waals surface area contributed by atoms with Crippen LogP contribution in [0.2, 0.25) is 0 Å². The minimum absolute atomic E-state index is 0.101. The number of nitrogens with zero attached hydrogens (tertiary/aromatic N) is 2. The van der Waals surface area contributed by atoms with E-state index in [-0.39, 0.29) is 11.9 Å². The highest BCUT2D eigenvalue weighted by Crippen LogP contribution is 2.20. The molecule has 0 bridgehead atoms. The Bertz CT molecular complexity index is 457. The molecule has 2 atom stereocenters. The standard InChI is InChI=1S/C18H31N3O2/c1-4-21(5-2)16(17-9-7-11-23-17)12-19-18(22)14-20-10-6-8-15(3)13-20/h7,9,11,15-16H,4-6,8,10,12-14H2,1-3H3,(H,19,22)/t15-,16-/m1/s1. The maximum absolute atomic E-state index is 12.3. The predicted molar refractivity (Wildman–Crippen MR) is 92.2 cm³/mol. The van der Waals surface area contributed by atoms with Gasteiger partial charge >= 0.3 is 0 Å². The first-order valence-electron chi connectivity index (χ1n) is 8.90. The van der Waals surface area contributed by atoms with Gasteiger partial charge in [0.1, 0.15) is 5.76 Å². The number of piperidine rings is 1. The van der Waals surface area contributed by atoms with Crippen molar-refractivity contribution in [2.75, 3.05) is 39.3 Å². The van der Waals surface area contributed by atoms with Crippen LogP contribution in [0, 0.1) is 5.92 Å². The van der Waals surface area contributed by atoms with Crippen molar-refractivity contribution >= 4 is 5.91 Å². The van der Waals surface area contributed by atoms with Crippen LogP contribution in [0.15, 0.2) is 22.8 Å². The molecule has 5 heteroatoms. The third-order valence-corrected chi connectivity index (χ3v) is 4.73. The number of carbonyl (C=O) groups is 1. The fourth-order valence-corrected chi connectivity index (χ4v) is 3.45. The van der Waals surface area contributed by atoms with Gasteiger partial charge in [-0.25, -0.2) is 0 Å². The van der Waals surface area contributed by atoms with Crippen LogP contribution in [0.3, 0.4) is 0 Å². The van der Waals surface area contributed by atoms with E-state index in [9.17, 15) is 4.79 Å². The molecule has 1 aromatic heterocycles. The number of rotatable bonds is 8. The molecular weight excluding hydrogens is 290 g/mol. The minimum atomic E-state index is 0.101. The van der Waals surface area contributed by atoms with Crippen molar-refractivity contribution in [3.63, 3.8) is 0 Å². The van der Waals surface area contributed by atoms with E-state index in [1.165, 1.54) is 12.8 Å². The highest BCUT2D eigenvalue weighted by molar-refractivity contribution is 5.78. The highest BCUT2D eigenvalue weighted by Gasteiger charge is 2.23. The molecule has 2 rings (SSSR count). The van der Waals surface area contributed by atoms with Gasteiger partial charge in [0.05, 0.1) is 18.8 Å². The summed E-state index contributed by atoms with van der Waals surface area (Å²) in [7, 11) is 0. The number of nitrogens with one attached hydrogen (secondary N) is 1. The van der Waals surface area contributed by atoms with E-state index in [4.69, 9.17) is 4.42 Å². The smallest absolute Gasteiger partial charge is 0.234 e. The fourth-order valence-electron chi connectivity index (χ4n) is 3.45. The van der Waals surface area contributed by atoms with Gasteiger partial charge in [0.15, 0.2) is 0 Å². The van der Waals surface area contributed by atoms with Gasteiger partial charge < -0.3 is 9.73 Å². The quantitative estimate of drug-likeness (QED) is 0.799. The monoisotopic (exact) mass is 321 g/mol. The van der Waals surface area contributed by atoms with Crippen LogP contribution in [0.5, 0.6) is 0 Å². The number of furan rings is 1. The summed E-state index contributed by atoms with van der Waals surface area (Å²) >= 11 is 0. The van der Waals surface area contributed by atoms with Crippen molar-refractivity contribution in [3.05, 3.63) is 24.2 Å². The Labute approximate surface area is 140 Å². The van der Waals surface area contributed by atoms with Crippen LogP contribution >= 0.6 is 0 Å². The molecule has 0 saturated carbocycles. The molecule has 0 unspecified atom stereocenters. The van der Waals surface area contributed by atoms with Crippen molar-refractivity contribution in [1.29, 1.82) is 0 Å². The molecule has 0 aliphatic carbocycles. The molecule has 1 aliphatic heterocycles. The molecular formula is C18H31N3O2. The summed E-state index contributed by atoms with van der Waals surface area (Å²) in [5, 5.41) is 3.10. The average Bonchev–Trinajstić information content (AvgIpc) is 3.05. The predicted octanol–water partition coefficient (Wildman–Crippen LogP) is 2.51. The lowest BCUT2D eigenvalue weighted by molar-refractivity contribution is -0.122. The summed E-state index contributed by atoms with van der Waals surface area (Å²) in [6.45, 7) is 11.6. The van der Waals surface area contributed by atoms with Crippen LogP contribution in [0.25, 0.3) is 0 Å². The van der Waals surface area contributed by atoms with Gasteiger partial charge in [0, 0.05) is 13.1 Å². The molecule has 130 valence electrons. The van der Waals surface area contributed by atoms with Crippen LogP contribution < -0.4 is 5.32 Å². The molecule has 1 N–H and O–H groups in total. The Hall–Kier alpha value is -1.33. The first kappa shape index (κ1) is 18.0. The SMILES string of the molecule is CCN(CC)[C@H](CNC(=O)CN1CCC[C@@H](C)C1)c1ccco1. The Kier molecular flexibility index (Phi) is 7.12. The highest BCUT2D eigenvalue weighted by atomic mass is 16.3. The van der Waals surface area contributed by atoms with Gasteiger partial charge in [0.2, 0.25) is 5.91 Å². The lowest BCUT2D eigenvalue weighted by atomic mass is 10.0. The summed E-state index contributed by atoms with van der Waals surface area (Å²) in [6, 6.07) is 3.99. The van der Waals surface area contributed by atoms with Gasteiger partial charge in [-0.3, -0.25) is 14.6 Å². The molecule has 1 aromatic rings. The van der Waals surface area contributed by atoms with Crippen molar-refractivity contribution in [2.24, 2.45) is 5.92 Å². The van der Waals surface area contributed by atoms with Gasteiger partial charge in [0.25, 0.3) is 0 Å². The molecule has 0 radical (unpaired) electrons. The van der Waals surface area contributed by atoms with E-state index < -0.39 is 0 Å². The second kappa shape index (κ2) is 9.08. The second-order valence-corrected chi connectivity index (χ2v) is 6.54. The lowest BCUT2D eigenvalue weighted by Crippen LogP contribution is -2.44. The number of carbonyl (C=O) groups excluding carboxylic acids is 1. The van der Waals surface area contributed by atoms with E-state index in [0.29, 0.717) is 19.0 Å². The normalized spacial score (nSPS) is 20.6. The van der Waals surface area contributed by atoms with Crippen molar-refractivity contribution in [3.8, 4) is 0 Å². The Morgan fingerprint density at radius 2 is 2.26 bits per heavy atom. The van der Waals surface area contributed by atoms with Crippen molar-refractivity contribution in [1.82, 2.24) is 15.1 Å². The largest absolute Gasteiger partial charge is 0.468 e. The summed E-state index contributed by atoms with van der Waals surface area (Å²) in [5.41, 5.74) is 0. The summed E-state index contributed by atoms with van der Waals surface area (Å²) in [6.07, 6.45) is 4.17. The van der Waals surface area contributed by atoms with Crippen LogP contribution in [-0.4, -0.2) is 55.0 Å². The van der Waals surface area contributed by atoms with Gasteiger partial charge in [-0.1, -0.05) is 20.8 Å². The minimum Gasteiger partial charge on any atom is -0.468 e. The Morgan fingerprint density at radius 1 is 1.48 bits per heavy atom. The van der Waals surface area contributed by atoms with Gasteiger partial charge in [-0.2, -0.15) is 0 Å². The third-order valence-electron chi connectivity index (χ3n) is 4.73. The molecule has 1 amide bonds. The molecule has 1 fully saturated rings. The van der Waals surface area contributed by atoms with Crippen molar-refractivity contribution in [2.45, 2.75) is 39.7 Å².